The normalized spacial score (nSPS) is 12.1. The van der Waals surface area contributed by atoms with Gasteiger partial charge < -0.3 is 10.5 Å². The van der Waals surface area contributed by atoms with Gasteiger partial charge in [-0.15, -0.1) is 0 Å². The lowest BCUT2D eigenvalue weighted by atomic mass is 10.2. The predicted molar refractivity (Wildman–Crippen MR) is 94.3 cm³/mol. The summed E-state index contributed by atoms with van der Waals surface area (Å²) in [5.41, 5.74) is 5.06. The van der Waals surface area contributed by atoms with Gasteiger partial charge in [-0.3, -0.25) is 14.2 Å². The van der Waals surface area contributed by atoms with Crippen LogP contribution >= 0.6 is 0 Å². The van der Waals surface area contributed by atoms with E-state index in [0.717, 1.165) is 4.57 Å². The lowest BCUT2D eigenvalue weighted by molar-refractivity contribution is -0.120. The zero-order valence-electron chi connectivity index (χ0n) is 13.8. The number of rotatable bonds is 4. The third kappa shape index (κ3) is 2.69. The fraction of sp³-hybridized carbons (Fsp3) is 0.167. The number of amides is 1. The number of para-hydroxylation sites is 1. The van der Waals surface area contributed by atoms with Gasteiger partial charge in [0.1, 0.15) is 11.8 Å². The maximum absolute atomic E-state index is 13.0. The Bertz CT molecular complexity index is 1060. The van der Waals surface area contributed by atoms with E-state index < -0.39 is 23.2 Å². The van der Waals surface area contributed by atoms with Crippen molar-refractivity contribution in [2.45, 2.75) is 13.0 Å². The monoisotopic (exact) mass is 339 g/mol. The highest BCUT2D eigenvalue weighted by Gasteiger charge is 2.20. The van der Waals surface area contributed by atoms with Crippen molar-refractivity contribution < 1.29 is 9.53 Å². The molecule has 7 heteroatoms. The second kappa shape index (κ2) is 6.27. The molecule has 0 fully saturated rings. The van der Waals surface area contributed by atoms with E-state index in [1.165, 1.54) is 18.6 Å². The van der Waals surface area contributed by atoms with Crippen molar-refractivity contribution in [3.8, 4) is 11.4 Å². The SMILES string of the molecule is COc1ccc(-n2c(=O)c3ccccc3n(C(C)C(N)=O)c2=O)cc1. The van der Waals surface area contributed by atoms with Gasteiger partial charge in [0.2, 0.25) is 5.91 Å². The van der Waals surface area contributed by atoms with Crippen LogP contribution in [-0.4, -0.2) is 22.2 Å². The number of hydrogen-bond donors (Lipinski definition) is 1. The van der Waals surface area contributed by atoms with Crippen LogP contribution in [-0.2, 0) is 4.79 Å². The molecule has 3 aromatic rings. The number of ether oxygens (including phenoxy) is 1. The lowest BCUT2D eigenvalue weighted by Gasteiger charge is -2.17. The summed E-state index contributed by atoms with van der Waals surface area (Å²) in [7, 11) is 1.53. The van der Waals surface area contributed by atoms with Crippen LogP contribution in [0.5, 0.6) is 5.75 Å². The molecule has 128 valence electrons. The summed E-state index contributed by atoms with van der Waals surface area (Å²) < 4.78 is 7.37. The average molecular weight is 339 g/mol. The van der Waals surface area contributed by atoms with Gasteiger partial charge in [-0.1, -0.05) is 12.1 Å². The summed E-state index contributed by atoms with van der Waals surface area (Å²) in [6, 6.07) is 12.2. The van der Waals surface area contributed by atoms with Crippen LogP contribution in [0.3, 0.4) is 0 Å². The van der Waals surface area contributed by atoms with E-state index in [9.17, 15) is 14.4 Å². The van der Waals surface area contributed by atoms with Crippen LogP contribution in [0.1, 0.15) is 13.0 Å². The van der Waals surface area contributed by atoms with E-state index in [1.807, 2.05) is 0 Å². The van der Waals surface area contributed by atoms with Crippen LogP contribution in [0.2, 0.25) is 0 Å². The van der Waals surface area contributed by atoms with E-state index in [-0.39, 0.29) is 0 Å². The summed E-state index contributed by atoms with van der Waals surface area (Å²) >= 11 is 0. The Hall–Kier alpha value is -3.35. The van der Waals surface area contributed by atoms with Crippen molar-refractivity contribution in [1.82, 2.24) is 9.13 Å². The first kappa shape index (κ1) is 16.5. The molecular weight excluding hydrogens is 322 g/mol. The number of aromatic nitrogens is 2. The fourth-order valence-electron chi connectivity index (χ4n) is 2.74. The number of fused-ring (bicyclic) bond motifs is 1. The molecule has 0 saturated heterocycles. The summed E-state index contributed by atoms with van der Waals surface area (Å²) in [6.45, 7) is 1.53. The highest BCUT2D eigenvalue weighted by atomic mass is 16.5. The van der Waals surface area contributed by atoms with Gasteiger partial charge in [-0.05, 0) is 43.3 Å². The minimum Gasteiger partial charge on any atom is -0.497 e. The molecule has 1 unspecified atom stereocenters. The van der Waals surface area contributed by atoms with Gasteiger partial charge in [0, 0.05) is 0 Å². The van der Waals surface area contributed by atoms with Gasteiger partial charge in [-0.2, -0.15) is 0 Å². The molecule has 3 rings (SSSR count). The molecule has 0 aliphatic rings. The second-order valence-electron chi connectivity index (χ2n) is 5.59. The molecule has 0 radical (unpaired) electrons. The number of nitrogens with two attached hydrogens (primary N) is 1. The first-order valence-electron chi connectivity index (χ1n) is 7.65. The van der Waals surface area contributed by atoms with Crippen LogP contribution in [0.4, 0.5) is 0 Å². The molecule has 2 aromatic carbocycles. The molecule has 25 heavy (non-hydrogen) atoms. The largest absolute Gasteiger partial charge is 0.497 e. The van der Waals surface area contributed by atoms with E-state index >= 15 is 0 Å². The minimum atomic E-state index is -0.900. The molecule has 0 bridgehead atoms. The standard InChI is InChI=1S/C18H17N3O4/c1-11(16(19)22)20-15-6-4-3-5-14(15)17(23)21(18(20)24)12-7-9-13(25-2)10-8-12/h3-11H,1-2H3,(H2,19,22). The highest BCUT2D eigenvalue weighted by molar-refractivity contribution is 5.83. The third-order valence-corrected chi connectivity index (χ3v) is 4.12. The van der Waals surface area contributed by atoms with Crippen molar-refractivity contribution in [3.05, 3.63) is 69.4 Å². The van der Waals surface area contributed by atoms with E-state index in [0.29, 0.717) is 22.3 Å². The zero-order valence-corrected chi connectivity index (χ0v) is 13.8. The number of carbonyl (C=O) groups is 1. The smallest absolute Gasteiger partial charge is 0.336 e. The number of carbonyl (C=O) groups excluding carboxylic acids is 1. The quantitative estimate of drug-likeness (QED) is 0.772. The third-order valence-electron chi connectivity index (χ3n) is 4.12. The van der Waals surface area contributed by atoms with Crippen molar-refractivity contribution in [2.24, 2.45) is 5.73 Å². The molecule has 0 spiro atoms. The number of primary amides is 1. The van der Waals surface area contributed by atoms with Gasteiger partial charge in [0.05, 0.1) is 23.7 Å². The molecule has 0 aliphatic carbocycles. The number of methoxy groups -OCH3 is 1. The summed E-state index contributed by atoms with van der Waals surface area (Å²) in [5.74, 6) is -0.0596. The van der Waals surface area contributed by atoms with Gasteiger partial charge in [0.15, 0.2) is 0 Å². The van der Waals surface area contributed by atoms with E-state index in [4.69, 9.17) is 10.5 Å². The minimum absolute atomic E-state index is 0.325. The number of hydrogen-bond acceptors (Lipinski definition) is 4. The van der Waals surface area contributed by atoms with Gasteiger partial charge in [0.25, 0.3) is 5.56 Å². The first-order valence-corrected chi connectivity index (χ1v) is 7.65. The van der Waals surface area contributed by atoms with Gasteiger partial charge in [-0.25, -0.2) is 9.36 Å². The molecule has 7 nitrogen and oxygen atoms in total. The first-order chi connectivity index (χ1) is 12.0. The average Bonchev–Trinajstić information content (AvgIpc) is 2.62. The Kier molecular flexibility index (Phi) is 4.14. The van der Waals surface area contributed by atoms with Crippen LogP contribution in [0, 0.1) is 0 Å². The summed E-state index contributed by atoms with van der Waals surface area (Å²) in [5, 5.41) is 0.325. The van der Waals surface area contributed by atoms with Crippen molar-refractivity contribution in [1.29, 1.82) is 0 Å². The molecule has 0 aliphatic heterocycles. The summed E-state index contributed by atoms with van der Waals surface area (Å²) in [4.78, 5) is 37.5. The van der Waals surface area contributed by atoms with E-state index in [1.54, 1.807) is 48.5 Å². The molecule has 1 amide bonds. The summed E-state index contributed by atoms with van der Waals surface area (Å²) in [6.07, 6.45) is 0. The van der Waals surface area contributed by atoms with Gasteiger partial charge >= 0.3 is 5.69 Å². The Labute approximate surface area is 142 Å². The highest BCUT2D eigenvalue weighted by Crippen LogP contribution is 2.16. The van der Waals surface area contributed by atoms with Crippen molar-refractivity contribution >= 4 is 16.8 Å². The van der Waals surface area contributed by atoms with Crippen molar-refractivity contribution in [2.75, 3.05) is 7.11 Å². The molecule has 0 saturated carbocycles. The maximum atomic E-state index is 13.0. The second-order valence-corrected chi connectivity index (χ2v) is 5.59. The zero-order chi connectivity index (χ0) is 18.1. The Balaban J connectivity index is 2.41. The molecular formula is C18H17N3O4. The van der Waals surface area contributed by atoms with Crippen molar-refractivity contribution in [3.63, 3.8) is 0 Å². The van der Waals surface area contributed by atoms with Crippen LogP contribution in [0.25, 0.3) is 16.6 Å². The Morgan fingerprint density at radius 3 is 2.32 bits per heavy atom. The lowest BCUT2D eigenvalue weighted by Crippen LogP contribution is -2.42. The number of nitrogens with zero attached hydrogens (tertiary/aromatic N) is 2. The van der Waals surface area contributed by atoms with E-state index in [2.05, 4.69) is 0 Å². The van der Waals surface area contributed by atoms with Crippen LogP contribution in [0.15, 0.2) is 58.1 Å². The Morgan fingerprint density at radius 1 is 1.08 bits per heavy atom. The Morgan fingerprint density at radius 2 is 1.72 bits per heavy atom. The van der Waals surface area contributed by atoms with Crippen LogP contribution < -0.4 is 21.7 Å². The molecule has 1 heterocycles. The fourth-order valence-corrected chi connectivity index (χ4v) is 2.74. The molecule has 1 aromatic heterocycles. The topological polar surface area (TPSA) is 96.3 Å². The maximum Gasteiger partial charge on any atom is 0.336 e. The molecule has 1 atom stereocenters. The predicted octanol–water partition coefficient (Wildman–Crippen LogP) is 1.21. The number of benzene rings is 2. The molecule has 2 N–H and O–H groups in total.